The standard InChI is InChI=1S/C28H45ClO2/c1-18(2)7-6-8-19(3)23-11-12-24-22-10-9-20-17-21(31-26(29)30)13-15-27(20,4)25(22)14-16-28(23,24)5/h9,18-19,21-25H,6-8,10-17H2,1-5H3/t19-,21+,22?,23-,24+,25?,27+,28-/m1/s1. The van der Waals surface area contributed by atoms with Gasteiger partial charge in [0.05, 0.1) is 0 Å². The Morgan fingerprint density at radius 2 is 1.87 bits per heavy atom. The van der Waals surface area contributed by atoms with Crippen molar-refractivity contribution >= 4 is 17.0 Å². The second-order valence-electron chi connectivity index (χ2n) is 12.5. The summed E-state index contributed by atoms with van der Waals surface area (Å²) < 4.78 is 5.38. The normalized spacial score (nSPS) is 42.9. The highest BCUT2D eigenvalue weighted by Crippen LogP contribution is 2.67. The second kappa shape index (κ2) is 9.03. The van der Waals surface area contributed by atoms with Crippen LogP contribution in [-0.2, 0) is 4.74 Å². The Bertz CT molecular complexity index is 699. The molecule has 8 atom stereocenters. The SMILES string of the molecule is CC(C)CCC[C@@H](C)[C@H]1CC[C@H]2C3CC=C4C[C@@H](OC(=O)Cl)CC[C@]4(C)C3CC[C@]12C. The van der Waals surface area contributed by atoms with E-state index in [0.29, 0.717) is 10.8 Å². The van der Waals surface area contributed by atoms with Crippen molar-refractivity contribution in [2.45, 2.75) is 111 Å². The van der Waals surface area contributed by atoms with Crippen LogP contribution in [0, 0.1) is 46.3 Å². The smallest absolute Gasteiger partial charge is 0.404 e. The Kier molecular flexibility index (Phi) is 6.89. The Hall–Kier alpha value is -0.500. The summed E-state index contributed by atoms with van der Waals surface area (Å²) in [5.74, 6) is 5.19. The van der Waals surface area contributed by atoms with Crippen molar-refractivity contribution in [2.24, 2.45) is 46.3 Å². The quantitative estimate of drug-likeness (QED) is 0.299. The van der Waals surface area contributed by atoms with E-state index in [4.69, 9.17) is 16.3 Å². The summed E-state index contributed by atoms with van der Waals surface area (Å²) in [4.78, 5) is 11.2. The van der Waals surface area contributed by atoms with Crippen LogP contribution in [0.15, 0.2) is 11.6 Å². The van der Waals surface area contributed by atoms with Crippen LogP contribution in [0.25, 0.3) is 0 Å². The van der Waals surface area contributed by atoms with Crippen LogP contribution in [0.5, 0.6) is 0 Å². The van der Waals surface area contributed by atoms with Crippen molar-refractivity contribution in [3.63, 3.8) is 0 Å². The van der Waals surface area contributed by atoms with Gasteiger partial charge in [0.2, 0.25) is 0 Å². The number of hydrogen-bond donors (Lipinski definition) is 0. The molecule has 0 heterocycles. The van der Waals surface area contributed by atoms with Crippen LogP contribution in [-0.4, -0.2) is 11.5 Å². The van der Waals surface area contributed by atoms with Gasteiger partial charge in [-0.1, -0.05) is 65.5 Å². The molecule has 176 valence electrons. The molecule has 0 aromatic rings. The fourth-order valence-electron chi connectivity index (χ4n) is 8.88. The first-order chi connectivity index (χ1) is 14.6. The molecule has 0 spiro atoms. The summed E-state index contributed by atoms with van der Waals surface area (Å²) in [6.45, 7) is 12.5. The van der Waals surface area contributed by atoms with Crippen molar-refractivity contribution < 1.29 is 9.53 Å². The Balaban J connectivity index is 1.47. The first kappa shape index (κ1) is 23.7. The van der Waals surface area contributed by atoms with E-state index in [1.807, 2.05) is 0 Å². The maximum Gasteiger partial charge on any atom is 0.404 e. The molecule has 4 aliphatic carbocycles. The lowest BCUT2D eigenvalue weighted by atomic mass is 9.47. The van der Waals surface area contributed by atoms with Gasteiger partial charge in [-0.15, -0.1) is 0 Å². The molecule has 4 rings (SSSR count). The van der Waals surface area contributed by atoms with E-state index in [9.17, 15) is 4.79 Å². The molecule has 2 unspecified atom stereocenters. The van der Waals surface area contributed by atoms with Crippen molar-refractivity contribution in [3.8, 4) is 0 Å². The van der Waals surface area contributed by atoms with Crippen LogP contribution in [0.3, 0.4) is 0 Å². The molecule has 0 N–H and O–H groups in total. The minimum atomic E-state index is -0.643. The predicted octanol–water partition coefficient (Wildman–Crippen LogP) is 8.77. The molecule has 31 heavy (non-hydrogen) atoms. The van der Waals surface area contributed by atoms with Gasteiger partial charge in [-0.2, -0.15) is 0 Å². The second-order valence-corrected chi connectivity index (χ2v) is 12.8. The average molecular weight is 449 g/mol. The number of ether oxygens (including phenoxy) is 1. The van der Waals surface area contributed by atoms with Gasteiger partial charge in [0, 0.05) is 18.0 Å². The third-order valence-electron chi connectivity index (χ3n) is 10.5. The summed E-state index contributed by atoms with van der Waals surface area (Å²) in [7, 11) is 0. The number of fused-ring (bicyclic) bond motifs is 5. The number of carbonyl (C=O) groups excluding carboxylic acids is 1. The van der Waals surface area contributed by atoms with Gasteiger partial charge in [0.15, 0.2) is 0 Å². The highest BCUT2D eigenvalue weighted by molar-refractivity contribution is 6.61. The van der Waals surface area contributed by atoms with Crippen molar-refractivity contribution in [3.05, 3.63) is 11.6 Å². The van der Waals surface area contributed by atoms with Crippen LogP contribution < -0.4 is 0 Å². The van der Waals surface area contributed by atoms with E-state index in [1.54, 1.807) is 5.57 Å². The molecule has 0 aromatic carbocycles. The summed E-state index contributed by atoms with van der Waals surface area (Å²) in [6, 6.07) is 0. The monoisotopic (exact) mass is 448 g/mol. The lowest BCUT2D eigenvalue weighted by molar-refractivity contribution is -0.0573. The maximum absolute atomic E-state index is 11.2. The first-order valence-electron chi connectivity index (χ1n) is 13.2. The van der Waals surface area contributed by atoms with Crippen LogP contribution in [0.4, 0.5) is 4.79 Å². The highest BCUT2D eigenvalue weighted by Gasteiger charge is 2.59. The van der Waals surface area contributed by atoms with Gasteiger partial charge < -0.3 is 4.74 Å². The minimum Gasteiger partial charge on any atom is -0.450 e. The fourth-order valence-corrected chi connectivity index (χ4v) is 9.01. The predicted molar refractivity (Wildman–Crippen MR) is 129 cm³/mol. The Morgan fingerprint density at radius 1 is 1.10 bits per heavy atom. The van der Waals surface area contributed by atoms with E-state index in [1.165, 1.54) is 51.4 Å². The Morgan fingerprint density at radius 3 is 2.58 bits per heavy atom. The molecule has 2 nitrogen and oxygen atoms in total. The number of rotatable bonds is 6. The molecule has 3 fully saturated rings. The van der Waals surface area contributed by atoms with Crippen LogP contribution >= 0.6 is 11.6 Å². The van der Waals surface area contributed by atoms with Crippen molar-refractivity contribution in [1.29, 1.82) is 0 Å². The topological polar surface area (TPSA) is 26.3 Å². The maximum atomic E-state index is 11.2. The van der Waals surface area contributed by atoms with E-state index in [2.05, 4.69) is 40.7 Å². The molecule has 3 heteroatoms. The van der Waals surface area contributed by atoms with Crippen LogP contribution in [0.2, 0.25) is 0 Å². The molecule has 0 radical (unpaired) electrons. The third kappa shape index (κ3) is 4.36. The zero-order valence-electron chi connectivity index (χ0n) is 20.6. The summed E-state index contributed by atoms with van der Waals surface area (Å²) in [6.07, 6.45) is 16.7. The average Bonchev–Trinajstić information content (AvgIpc) is 3.05. The molecule has 0 bridgehead atoms. The molecule has 3 saturated carbocycles. The number of hydrogen-bond acceptors (Lipinski definition) is 2. The number of allylic oxidation sites excluding steroid dienone is 1. The molecular formula is C28H45ClO2. The largest absolute Gasteiger partial charge is 0.450 e. The molecule has 0 aromatic heterocycles. The van der Waals surface area contributed by atoms with Crippen molar-refractivity contribution in [1.82, 2.24) is 0 Å². The summed E-state index contributed by atoms with van der Waals surface area (Å²) >= 11 is 5.51. The van der Waals surface area contributed by atoms with E-state index < -0.39 is 5.43 Å². The lowest BCUT2D eigenvalue weighted by Gasteiger charge is -2.58. The van der Waals surface area contributed by atoms with Gasteiger partial charge in [0.1, 0.15) is 6.10 Å². The van der Waals surface area contributed by atoms with E-state index in [0.717, 1.165) is 54.8 Å². The fraction of sp³-hybridized carbons (Fsp3) is 0.893. The third-order valence-corrected chi connectivity index (χ3v) is 10.6. The Labute approximate surface area is 195 Å². The lowest BCUT2D eigenvalue weighted by Crippen LogP contribution is -2.51. The zero-order valence-corrected chi connectivity index (χ0v) is 21.3. The molecular weight excluding hydrogens is 404 g/mol. The number of halogens is 1. The highest BCUT2D eigenvalue weighted by atomic mass is 35.5. The van der Waals surface area contributed by atoms with Gasteiger partial charge in [-0.3, -0.25) is 0 Å². The van der Waals surface area contributed by atoms with Gasteiger partial charge in [-0.25, -0.2) is 4.79 Å². The zero-order chi connectivity index (χ0) is 22.4. The van der Waals surface area contributed by atoms with Crippen molar-refractivity contribution in [2.75, 3.05) is 0 Å². The first-order valence-corrected chi connectivity index (χ1v) is 13.6. The van der Waals surface area contributed by atoms with E-state index in [-0.39, 0.29) is 6.10 Å². The molecule has 0 saturated heterocycles. The van der Waals surface area contributed by atoms with Gasteiger partial charge >= 0.3 is 5.43 Å². The van der Waals surface area contributed by atoms with Gasteiger partial charge in [-0.05, 0) is 91.3 Å². The minimum absolute atomic E-state index is 0.0164. The molecule has 4 aliphatic rings. The van der Waals surface area contributed by atoms with Gasteiger partial charge in [0.25, 0.3) is 0 Å². The molecule has 0 aliphatic heterocycles. The van der Waals surface area contributed by atoms with E-state index >= 15 is 0 Å². The number of carbonyl (C=O) groups is 1. The van der Waals surface area contributed by atoms with Crippen LogP contribution in [0.1, 0.15) is 105 Å². The summed E-state index contributed by atoms with van der Waals surface area (Å²) in [5, 5.41) is 0. The molecule has 0 amide bonds. The summed E-state index contributed by atoms with van der Waals surface area (Å²) in [5.41, 5.74) is 1.77.